The molecule has 1 amide bonds. The molecule has 0 unspecified atom stereocenters. The van der Waals surface area contributed by atoms with Crippen molar-refractivity contribution in [1.29, 1.82) is 0 Å². The molecule has 3 rings (SSSR count). The van der Waals surface area contributed by atoms with Crippen LogP contribution in [0.2, 0.25) is 0 Å². The van der Waals surface area contributed by atoms with Crippen LogP contribution in [-0.2, 0) is 0 Å². The molecular formula is C20H29N3O3. The number of nitrogens with zero attached hydrogens (tertiary/aromatic N) is 2. The molecule has 6 heteroatoms. The highest BCUT2D eigenvalue weighted by Crippen LogP contribution is 2.28. The van der Waals surface area contributed by atoms with Crippen molar-refractivity contribution < 1.29 is 13.9 Å². The van der Waals surface area contributed by atoms with Crippen LogP contribution >= 0.6 is 0 Å². The molecule has 142 valence electrons. The van der Waals surface area contributed by atoms with Crippen LogP contribution in [0.1, 0.15) is 29.5 Å². The average Bonchev–Trinajstić information content (AvgIpc) is 3.00. The predicted octanol–water partition coefficient (Wildman–Crippen LogP) is 2.51. The Morgan fingerprint density at radius 1 is 1.23 bits per heavy atom. The fourth-order valence-corrected chi connectivity index (χ4v) is 3.53. The van der Waals surface area contributed by atoms with Gasteiger partial charge in [-0.2, -0.15) is 0 Å². The number of amides is 1. The van der Waals surface area contributed by atoms with Crippen molar-refractivity contribution in [3.63, 3.8) is 0 Å². The minimum absolute atomic E-state index is 0.0784. The van der Waals surface area contributed by atoms with Crippen LogP contribution in [0.5, 0.6) is 5.75 Å². The van der Waals surface area contributed by atoms with Gasteiger partial charge in [0.05, 0.1) is 12.7 Å². The molecule has 1 aromatic carbocycles. The van der Waals surface area contributed by atoms with Gasteiger partial charge < -0.3 is 24.3 Å². The van der Waals surface area contributed by atoms with Gasteiger partial charge in [-0.15, -0.1) is 0 Å². The second-order valence-electron chi connectivity index (χ2n) is 6.78. The topological polar surface area (TPSA) is 58.0 Å². The number of piperazine rings is 1. The molecule has 0 saturated carbocycles. The van der Waals surface area contributed by atoms with Crippen LogP contribution in [0, 0.1) is 6.92 Å². The summed E-state index contributed by atoms with van der Waals surface area (Å²) in [6.07, 6.45) is 0.954. The van der Waals surface area contributed by atoms with Gasteiger partial charge in [0.15, 0.2) is 0 Å². The second kappa shape index (κ2) is 8.56. The Morgan fingerprint density at radius 3 is 2.65 bits per heavy atom. The molecule has 0 bridgehead atoms. The van der Waals surface area contributed by atoms with E-state index in [4.69, 9.17) is 9.15 Å². The van der Waals surface area contributed by atoms with E-state index in [1.165, 1.54) is 0 Å². The number of likely N-dealkylation sites (N-methyl/N-ethyl adjacent to an activating group) is 1. The van der Waals surface area contributed by atoms with Crippen molar-refractivity contribution >= 4 is 16.9 Å². The Bertz CT molecular complexity index is 748. The van der Waals surface area contributed by atoms with Gasteiger partial charge in [0.1, 0.15) is 17.1 Å². The van der Waals surface area contributed by atoms with Crippen molar-refractivity contribution in [2.24, 2.45) is 0 Å². The van der Waals surface area contributed by atoms with E-state index in [0.717, 1.165) is 56.8 Å². The zero-order chi connectivity index (χ0) is 18.5. The van der Waals surface area contributed by atoms with Crippen molar-refractivity contribution in [2.75, 3.05) is 52.9 Å². The number of hydrogen-bond donors (Lipinski definition) is 1. The van der Waals surface area contributed by atoms with Crippen LogP contribution in [0.15, 0.2) is 22.6 Å². The molecular weight excluding hydrogens is 330 g/mol. The molecule has 1 N–H and O–H groups in total. The van der Waals surface area contributed by atoms with Crippen molar-refractivity contribution in [1.82, 2.24) is 15.1 Å². The maximum Gasteiger partial charge on any atom is 0.255 e. The fraction of sp³-hybridized carbons (Fsp3) is 0.550. The Morgan fingerprint density at radius 2 is 1.96 bits per heavy atom. The minimum atomic E-state index is -0.0784. The summed E-state index contributed by atoms with van der Waals surface area (Å²) in [7, 11) is 1.62. The monoisotopic (exact) mass is 359 g/mol. The highest BCUT2D eigenvalue weighted by atomic mass is 16.5. The average molecular weight is 359 g/mol. The maximum absolute atomic E-state index is 12.6. The highest BCUT2D eigenvalue weighted by Gasteiger charge is 2.19. The smallest absolute Gasteiger partial charge is 0.255 e. The van der Waals surface area contributed by atoms with Crippen LogP contribution in [0.4, 0.5) is 0 Å². The molecule has 1 saturated heterocycles. The number of furan rings is 1. The summed E-state index contributed by atoms with van der Waals surface area (Å²) >= 11 is 0. The largest absolute Gasteiger partial charge is 0.497 e. The van der Waals surface area contributed by atoms with Gasteiger partial charge >= 0.3 is 0 Å². The Balaban J connectivity index is 1.52. The molecule has 1 fully saturated rings. The summed E-state index contributed by atoms with van der Waals surface area (Å²) in [5, 5.41) is 3.84. The first-order valence-corrected chi connectivity index (χ1v) is 9.42. The van der Waals surface area contributed by atoms with Gasteiger partial charge in [0, 0.05) is 38.1 Å². The molecule has 0 spiro atoms. The maximum atomic E-state index is 12.6. The number of ether oxygens (including phenoxy) is 1. The first-order valence-electron chi connectivity index (χ1n) is 9.42. The second-order valence-corrected chi connectivity index (χ2v) is 6.78. The van der Waals surface area contributed by atoms with E-state index in [0.29, 0.717) is 23.5 Å². The van der Waals surface area contributed by atoms with Gasteiger partial charge in [-0.05, 0) is 44.6 Å². The van der Waals surface area contributed by atoms with E-state index in [-0.39, 0.29) is 5.91 Å². The van der Waals surface area contributed by atoms with Gasteiger partial charge in [-0.25, -0.2) is 0 Å². The van der Waals surface area contributed by atoms with Crippen LogP contribution in [0.3, 0.4) is 0 Å². The molecule has 2 heterocycles. The van der Waals surface area contributed by atoms with E-state index < -0.39 is 0 Å². The lowest BCUT2D eigenvalue weighted by Gasteiger charge is -2.33. The summed E-state index contributed by atoms with van der Waals surface area (Å²) < 4.78 is 11.0. The van der Waals surface area contributed by atoms with Crippen molar-refractivity contribution in [3.8, 4) is 5.75 Å². The molecule has 1 aliphatic heterocycles. The SMILES string of the molecule is CCN1CCN(CCCNC(=O)c2c(C)oc3ccc(OC)cc23)CC1. The number of aryl methyl sites for hydroxylation is 1. The molecule has 0 aliphatic carbocycles. The Kier molecular flexibility index (Phi) is 6.16. The normalized spacial score (nSPS) is 16.1. The third kappa shape index (κ3) is 4.19. The van der Waals surface area contributed by atoms with E-state index in [9.17, 15) is 4.79 Å². The number of benzene rings is 1. The quantitative estimate of drug-likeness (QED) is 0.770. The lowest BCUT2D eigenvalue weighted by atomic mass is 10.1. The number of methoxy groups -OCH3 is 1. The van der Waals surface area contributed by atoms with Crippen LogP contribution in [0.25, 0.3) is 11.0 Å². The zero-order valence-corrected chi connectivity index (χ0v) is 16.0. The fourth-order valence-electron chi connectivity index (χ4n) is 3.53. The van der Waals surface area contributed by atoms with Crippen molar-refractivity contribution in [3.05, 3.63) is 29.5 Å². The van der Waals surface area contributed by atoms with Crippen LogP contribution in [-0.4, -0.2) is 68.6 Å². The summed E-state index contributed by atoms with van der Waals surface area (Å²) in [5.74, 6) is 1.28. The minimum Gasteiger partial charge on any atom is -0.497 e. The van der Waals surface area contributed by atoms with E-state index in [2.05, 4.69) is 22.0 Å². The highest BCUT2D eigenvalue weighted by molar-refractivity contribution is 6.07. The molecule has 2 aromatic rings. The summed E-state index contributed by atoms with van der Waals surface area (Å²) in [6.45, 7) is 11.4. The first kappa shape index (κ1) is 18.7. The van der Waals surface area contributed by atoms with Gasteiger partial charge in [0.25, 0.3) is 5.91 Å². The number of rotatable bonds is 7. The molecule has 1 aromatic heterocycles. The molecule has 1 aliphatic rings. The molecule has 0 radical (unpaired) electrons. The Labute approximate surface area is 155 Å². The lowest BCUT2D eigenvalue weighted by molar-refractivity contribution is 0.0948. The van der Waals surface area contributed by atoms with Gasteiger partial charge in [-0.1, -0.05) is 6.92 Å². The molecule has 26 heavy (non-hydrogen) atoms. The summed E-state index contributed by atoms with van der Waals surface area (Å²) in [5.41, 5.74) is 1.32. The summed E-state index contributed by atoms with van der Waals surface area (Å²) in [6, 6.07) is 5.53. The predicted molar refractivity (Wildman–Crippen MR) is 103 cm³/mol. The number of carbonyl (C=O) groups excluding carboxylic acids is 1. The van der Waals surface area contributed by atoms with E-state index >= 15 is 0 Å². The number of carbonyl (C=O) groups is 1. The molecule has 6 nitrogen and oxygen atoms in total. The Hall–Kier alpha value is -2.05. The number of nitrogens with one attached hydrogen (secondary N) is 1. The number of hydrogen-bond acceptors (Lipinski definition) is 5. The zero-order valence-electron chi connectivity index (χ0n) is 16.0. The van der Waals surface area contributed by atoms with E-state index in [1.807, 2.05) is 25.1 Å². The third-order valence-electron chi connectivity index (χ3n) is 5.15. The first-order chi connectivity index (χ1) is 12.6. The van der Waals surface area contributed by atoms with Crippen LogP contribution < -0.4 is 10.1 Å². The van der Waals surface area contributed by atoms with Crippen molar-refractivity contribution in [2.45, 2.75) is 20.3 Å². The molecule has 0 atom stereocenters. The standard InChI is InChI=1S/C20H29N3O3/c1-4-22-10-12-23(13-11-22)9-5-8-21-20(24)19-15(2)26-18-7-6-16(25-3)14-17(18)19/h6-7,14H,4-5,8-13H2,1-3H3,(H,21,24). The van der Waals surface area contributed by atoms with Gasteiger partial charge in [0.2, 0.25) is 0 Å². The van der Waals surface area contributed by atoms with Gasteiger partial charge in [-0.3, -0.25) is 4.79 Å². The lowest BCUT2D eigenvalue weighted by Crippen LogP contribution is -2.46. The third-order valence-corrected chi connectivity index (χ3v) is 5.15. The van der Waals surface area contributed by atoms with E-state index in [1.54, 1.807) is 7.11 Å². The number of fused-ring (bicyclic) bond motifs is 1. The summed E-state index contributed by atoms with van der Waals surface area (Å²) in [4.78, 5) is 17.6.